The van der Waals surface area contributed by atoms with Crippen molar-refractivity contribution in [2.45, 2.75) is 56.9 Å². The molecule has 2 heterocycles. The number of aliphatic hydroxyl groups is 2. The Hall–Kier alpha value is -1.02. The Labute approximate surface area is 129 Å². The highest BCUT2D eigenvalue weighted by atomic mass is 16.8. The van der Waals surface area contributed by atoms with Gasteiger partial charge in [0.15, 0.2) is 12.1 Å². The van der Waals surface area contributed by atoms with Crippen LogP contribution in [-0.4, -0.2) is 53.3 Å². The normalized spacial score (nSPS) is 34.5. The smallest absolute Gasteiger partial charge is 0.187 e. The molecule has 1 aromatic rings. The molecule has 122 valence electrons. The van der Waals surface area contributed by atoms with E-state index in [9.17, 15) is 10.2 Å². The van der Waals surface area contributed by atoms with E-state index in [1.54, 1.807) is 0 Å². The molecule has 1 aromatic carbocycles. The van der Waals surface area contributed by atoms with Crippen LogP contribution in [0.4, 0.5) is 0 Å². The molecule has 2 aliphatic rings. The summed E-state index contributed by atoms with van der Waals surface area (Å²) >= 11 is 0. The number of hydrogen-bond acceptors (Lipinski definition) is 6. The first kappa shape index (κ1) is 15.9. The molecular formula is C16H22O6. The van der Waals surface area contributed by atoms with Gasteiger partial charge in [0.1, 0.15) is 24.4 Å². The van der Waals surface area contributed by atoms with Crippen molar-refractivity contribution in [2.75, 3.05) is 6.61 Å². The van der Waals surface area contributed by atoms with Crippen molar-refractivity contribution in [3.8, 4) is 0 Å². The van der Waals surface area contributed by atoms with Gasteiger partial charge in [-0.05, 0) is 19.4 Å². The molecule has 0 amide bonds. The van der Waals surface area contributed by atoms with Crippen molar-refractivity contribution < 1.29 is 29.2 Å². The van der Waals surface area contributed by atoms with E-state index in [2.05, 4.69) is 0 Å². The standard InChI is InChI=1S/C16H22O6/c1-16(2)21-13-12(11(18)8-17)20-15(14(13)22-16)19-9-10-6-4-3-5-7-10/h3-7,11-15,17-18H,8-9H2,1-2H3/t11-,12-,13?,14-,15+/m0/s1. The number of aliphatic hydroxyl groups excluding tert-OH is 2. The fourth-order valence-corrected chi connectivity index (χ4v) is 2.89. The number of ether oxygens (including phenoxy) is 4. The van der Waals surface area contributed by atoms with Gasteiger partial charge in [-0.25, -0.2) is 0 Å². The topological polar surface area (TPSA) is 77.4 Å². The number of fused-ring (bicyclic) bond motifs is 1. The Kier molecular flexibility index (Phi) is 4.49. The molecule has 2 aliphatic heterocycles. The van der Waals surface area contributed by atoms with Gasteiger partial charge in [-0.3, -0.25) is 0 Å². The lowest BCUT2D eigenvalue weighted by molar-refractivity contribution is -0.247. The number of hydrogen-bond donors (Lipinski definition) is 2. The predicted molar refractivity (Wildman–Crippen MR) is 76.8 cm³/mol. The summed E-state index contributed by atoms with van der Waals surface area (Å²) in [6, 6.07) is 9.74. The molecule has 2 N–H and O–H groups in total. The SMILES string of the molecule is CC1(C)OC2[C@H]([C@@H](O)CO)O[C@@H](OCc3ccccc3)[C@H]2O1. The van der Waals surface area contributed by atoms with Crippen LogP contribution in [0.1, 0.15) is 19.4 Å². The predicted octanol–water partition coefficient (Wildman–Crippen LogP) is 0.801. The summed E-state index contributed by atoms with van der Waals surface area (Å²) in [6.45, 7) is 3.59. The molecule has 6 heteroatoms. The highest BCUT2D eigenvalue weighted by molar-refractivity contribution is 5.13. The zero-order valence-electron chi connectivity index (χ0n) is 12.7. The molecule has 0 spiro atoms. The molecule has 6 nitrogen and oxygen atoms in total. The molecule has 1 unspecified atom stereocenters. The highest BCUT2D eigenvalue weighted by Gasteiger charge is 2.57. The molecule has 0 radical (unpaired) electrons. The maximum atomic E-state index is 9.91. The van der Waals surface area contributed by atoms with Gasteiger partial charge in [-0.15, -0.1) is 0 Å². The van der Waals surface area contributed by atoms with Crippen molar-refractivity contribution >= 4 is 0 Å². The van der Waals surface area contributed by atoms with E-state index in [0.29, 0.717) is 6.61 Å². The van der Waals surface area contributed by atoms with Crippen molar-refractivity contribution in [3.63, 3.8) is 0 Å². The third-order valence-electron chi connectivity index (χ3n) is 3.87. The number of rotatable bonds is 5. The van der Waals surface area contributed by atoms with Crippen LogP contribution in [0.5, 0.6) is 0 Å². The molecule has 2 fully saturated rings. The van der Waals surface area contributed by atoms with Crippen molar-refractivity contribution in [2.24, 2.45) is 0 Å². The van der Waals surface area contributed by atoms with Crippen LogP contribution in [0.2, 0.25) is 0 Å². The average Bonchev–Trinajstić information content (AvgIpc) is 2.99. The van der Waals surface area contributed by atoms with Gasteiger partial charge < -0.3 is 29.2 Å². The minimum Gasteiger partial charge on any atom is -0.394 e. The largest absolute Gasteiger partial charge is 0.394 e. The van der Waals surface area contributed by atoms with Gasteiger partial charge >= 0.3 is 0 Å². The Morgan fingerprint density at radius 1 is 1.18 bits per heavy atom. The lowest BCUT2D eigenvalue weighted by Crippen LogP contribution is -2.40. The zero-order valence-corrected chi connectivity index (χ0v) is 12.7. The lowest BCUT2D eigenvalue weighted by Gasteiger charge is -2.25. The average molecular weight is 310 g/mol. The zero-order chi connectivity index (χ0) is 15.7. The third kappa shape index (κ3) is 3.17. The Bertz CT molecular complexity index is 491. The van der Waals surface area contributed by atoms with Crippen molar-refractivity contribution in [1.29, 1.82) is 0 Å². The van der Waals surface area contributed by atoms with Gasteiger partial charge in [-0.2, -0.15) is 0 Å². The minimum atomic E-state index is -1.03. The van der Waals surface area contributed by atoms with E-state index in [4.69, 9.17) is 18.9 Å². The monoisotopic (exact) mass is 310 g/mol. The van der Waals surface area contributed by atoms with Crippen molar-refractivity contribution in [3.05, 3.63) is 35.9 Å². The van der Waals surface area contributed by atoms with Crippen LogP contribution in [0.25, 0.3) is 0 Å². The lowest BCUT2D eigenvalue weighted by atomic mass is 10.1. The molecular weight excluding hydrogens is 288 g/mol. The molecule has 3 rings (SSSR count). The van der Waals surface area contributed by atoms with Gasteiger partial charge in [0.05, 0.1) is 13.2 Å². The minimum absolute atomic E-state index is 0.375. The third-order valence-corrected chi connectivity index (χ3v) is 3.87. The van der Waals surface area contributed by atoms with E-state index in [1.165, 1.54) is 0 Å². The van der Waals surface area contributed by atoms with E-state index < -0.39 is 43.1 Å². The van der Waals surface area contributed by atoms with E-state index in [1.807, 2.05) is 44.2 Å². The maximum Gasteiger partial charge on any atom is 0.187 e. The molecule has 0 bridgehead atoms. The van der Waals surface area contributed by atoms with Crippen LogP contribution >= 0.6 is 0 Å². The second-order valence-corrected chi connectivity index (χ2v) is 6.08. The van der Waals surface area contributed by atoms with Crippen LogP contribution in [-0.2, 0) is 25.6 Å². The molecule has 0 aliphatic carbocycles. The summed E-state index contributed by atoms with van der Waals surface area (Å²) in [6.07, 6.45) is -3.23. The van der Waals surface area contributed by atoms with Gasteiger partial charge in [-0.1, -0.05) is 30.3 Å². The summed E-state index contributed by atoms with van der Waals surface area (Å²) < 4.78 is 23.1. The fourth-order valence-electron chi connectivity index (χ4n) is 2.89. The Morgan fingerprint density at radius 2 is 1.86 bits per heavy atom. The summed E-state index contributed by atoms with van der Waals surface area (Å²) in [5, 5.41) is 19.1. The Morgan fingerprint density at radius 3 is 2.55 bits per heavy atom. The molecule has 22 heavy (non-hydrogen) atoms. The van der Waals surface area contributed by atoms with Gasteiger partial charge in [0, 0.05) is 0 Å². The van der Waals surface area contributed by atoms with Gasteiger partial charge in [0.2, 0.25) is 0 Å². The molecule has 5 atom stereocenters. The first-order valence-electron chi connectivity index (χ1n) is 7.46. The van der Waals surface area contributed by atoms with Crippen LogP contribution < -0.4 is 0 Å². The van der Waals surface area contributed by atoms with Crippen LogP contribution in [0, 0.1) is 0 Å². The molecule has 0 aromatic heterocycles. The van der Waals surface area contributed by atoms with E-state index >= 15 is 0 Å². The second-order valence-electron chi connectivity index (χ2n) is 6.08. The summed E-state index contributed by atoms with van der Waals surface area (Å²) in [5.74, 6) is -0.763. The Balaban J connectivity index is 1.69. The van der Waals surface area contributed by atoms with E-state index in [0.717, 1.165) is 5.56 Å². The quantitative estimate of drug-likeness (QED) is 0.838. The summed E-state index contributed by atoms with van der Waals surface area (Å²) in [7, 11) is 0. The van der Waals surface area contributed by atoms with Gasteiger partial charge in [0.25, 0.3) is 0 Å². The van der Waals surface area contributed by atoms with Crippen molar-refractivity contribution in [1.82, 2.24) is 0 Å². The van der Waals surface area contributed by atoms with Crippen LogP contribution in [0.15, 0.2) is 30.3 Å². The first-order valence-corrected chi connectivity index (χ1v) is 7.46. The second kappa shape index (κ2) is 6.23. The molecule has 0 saturated carbocycles. The summed E-state index contributed by atoms with van der Waals surface area (Å²) in [4.78, 5) is 0. The maximum absolute atomic E-state index is 9.91. The highest BCUT2D eigenvalue weighted by Crippen LogP contribution is 2.40. The molecule has 2 saturated heterocycles. The fraction of sp³-hybridized carbons (Fsp3) is 0.625. The summed E-state index contributed by atoms with van der Waals surface area (Å²) in [5.41, 5.74) is 1.02. The van der Waals surface area contributed by atoms with Crippen LogP contribution in [0.3, 0.4) is 0 Å². The number of benzene rings is 1. The van der Waals surface area contributed by atoms with E-state index in [-0.39, 0.29) is 0 Å². The first-order chi connectivity index (χ1) is 10.5.